The van der Waals surface area contributed by atoms with Gasteiger partial charge in [-0.25, -0.2) is 8.42 Å². The molecule has 1 atom stereocenters. The third kappa shape index (κ3) is 6.75. The number of aryl methyl sites for hydroxylation is 1. The fraction of sp³-hybridized carbons (Fsp3) is 0.286. The molecule has 38 heavy (non-hydrogen) atoms. The van der Waals surface area contributed by atoms with E-state index in [1.165, 1.54) is 23.9 Å². The lowest BCUT2D eigenvalue weighted by Gasteiger charge is -2.24. The number of hydrogen-bond donors (Lipinski definition) is 2. The van der Waals surface area contributed by atoms with Gasteiger partial charge in [0.1, 0.15) is 6.54 Å². The Kier molecular flexibility index (Phi) is 9.09. The number of sulfonamides is 1. The Morgan fingerprint density at radius 3 is 2.39 bits per heavy atom. The van der Waals surface area contributed by atoms with Crippen molar-refractivity contribution in [2.24, 2.45) is 0 Å². The number of thioether (sulfide) groups is 1. The normalized spacial score (nSPS) is 15.2. The Bertz CT molecular complexity index is 1370. The van der Waals surface area contributed by atoms with Crippen molar-refractivity contribution in [3.05, 3.63) is 83.9 Å². The van der Waals surface area contributed by atoms with Crippen LogP contribution in [0.1, 0.15) is 28.8 Å². The van der Waals surface area contributed by atoms with Gasteiger partial charge in [0, 0.05) is 18.0 Å². The van der Waals surface area contributed by atoms with E-state index in [2.05, 4.69) is 10.6 Å². The van der Waals surface area contributed by atoms with Gasteiger partial charge < -0.3 is 15.4 Å². The molecule has 1 saturated heterocycles. The first-order valence-electron chi connectivity index (χ1n) is 12.3. The van der Waals surface area contributed by atoms with Gasteiger partial charge in [0.05, 0.1) is 27.9 Å². The van der Waals surface area contributed by atoms with Crippen molar-refractivity contribution in [2.45, 2.75) is 35.7 Å². The average molecular weight is 554 g/mol. The second-order valence-electron chi connectivity index (χ2n) is 8.96. The van der Waals surface area contributed by atoms with Crippen LogP contribution in [0.4, 0.5) is 11.4 Å². The molecule has 0 saturated carbocycles. The summed E-state index contributed by atoms with van der Waals surface area (Å²) < 4.78 is 33.9. The van der Waals surface area contributed by atoms with Crippen molar-refractivity contribution in [3.8, 4) is 0 Å². The molecule has 4 rings (SSSR count). The van der Waals surface area contributed by atoms with E-state index < -0.39 is 22.5 Å². The molecule has 1 fully saturated rings. The lowest BCUT2D eigenvalue weighted by Crippen LogP contribution is -2.38. The summed E-state index contributed by atoms with van der Waals surface area (Å²) in [6.07, 6.45) is 3.75. The maximum absolute atomic E-state index is 13.7. The second-order valence-corrected chi connectivity index (χ2v) is 11.7. The number of nitrogens with zero attached hydrogens (tertiary/aromatic N) is 1. The Hall–Kier alpha value is -3.34. The first-order valence-corrected chi connectivity index (χ1v) is 15.0. The monoisotopic (exact) mass is 553 g/mol. The maximum atomic E-state index is 13.7. The standard InChI is InChI=1S/C28H31N3O5S2/c1-20-9-11-21(12-10-20)31(38(34,35)24-15-13-23(37-2)14-16-24)19-27(32)30-26-8-4-3-7-25(26)28(33)29-18-22-6-5-17-36-22/h3-4,7-16,22H,5-6,17-19H2,1-2H3,(H,29,33)(H,30,32)/t22-/m0/s1. The third-order valence-electron chi connectivity index (χ3n) is 6.22. The molecule has 2 N–H and O–H groups in total. The summed E-state index contributed by atoms with van der Waals surface area (Å²) in [6.45, 7) is 2.50. The SMILES string of the molecule is CSc1ccc(S(=O)(=O)N(CC(=O)Nc2ccccc2C(=O)NC[C@@H]2CCCO2)c2ccc(C)cc2)cc1. The Morgan fingerprint density at radius 2 is 1.74 bits per heavy atom. The molecule has 200 valence electrons. The van der Waals surface area contributed by atoms with Crippen LogP contribution in [-0.4, -0.2) is 52.3 Å². The number of nitrogens with one attached hydrogen (secondary N) is 2. The molecule has 1 aliphatic rings. The van der Waals surface area contributed by atoms with E-state index in [9.17, 15) is 18.0 Å². The van der Waals surface area contributed by atoms with Gasteiger partial charge in [0.15, 0.2) is 0 Å². The maximum Gasteiger partial charge on any atom is 0.264 e. The van der Waals surface area contributed by atoms with Crippen molar-refractivity contribution < 1.29 is 22.7 Å². The highest BCUT2D eigenvalue weighted by Gasteiger charge is 2.28. The number of amides is 2. The Balaban J connectivity index is 1.55. The number of carbonyl (C=O) groups excluding carboxylic acids is 2. The number of benzene rings is 3. The highest BCUT2D eigenvalue weighted by Crippen LogP contribution is 2.26. The Morgan fingerprint density at radius 1 is 1.03 bits per heavy atom. The van der Waals surface area contributed by atoms with Crippen LogP contribution in [0.2, 0.25) is 0 Å². The van der Waals surface area contributed by atoms with Gasteiger partial charge in [-0.3, -0.25) is 13.9 Å². The van der Waals surface area contributed by atoms with Crippen LogP contribution in [0.5, 0.6) is 0 Å². The van der Waals surface area contributed by atoms with Gasteiger partial charge in [0.25, 0.3) is 15.9 Å². The summed E-state index contributed by atoms with van der Waals surface area (Å²) in [4.78, 5) is 27.1. The third-order valence-corrected chi connectivity index (χ3v) is 8.75. The van der Waals surface area contributed by atoms with E-state index in [0.29, 0.717) is 24.5 Å². The van der Waals surface area contributed by atoms with Gasteiger partial charge >= 0.3 is 0 Å². The molecule has 3 aromatic carbocycles. The van der Waals surface area contributed by atoms with Crippen molar-refractivity contribution in [1.29, 1.82) is 0 Å². The minimum atomic E-state index is -4.05. The highest BCUT2D eigenvalue weighted by molar-refractivity contribution is 7.98. The summed E-state index contributed by atoms with van der Waals surface area (Å²) in [5.41, 5.74) is 1.91. The van der Waals surface area contributed by atoms with Crippen LogP contribution in [0.25, 0.3) is 0 Å². The number of para-hydroxylation sites is 1. The van der Waals surface area contributed by atoms with Gasteiger partial charge in [-0.1, -0.05) is 29.8 Å². The molecular formula is C28H31N3O5S2. The van der Waals surface area contributed by atoms with Crippen molar-refractivity contribution in [1.82, 2.24) is 5.32 Å². The van der Waals surface area contributed by atoms with Crippen LogP contribution < -0.4 is 14.9 Å². The van der Waals surface area contributed by atoms with E-state index in [1.807, 2.05) is 13.2 Å². The van der Waals surface area contributed by atoms with Crippen LogP contribution in [0.3, 0.4) is 0 Å². The molecule has 3 aromatic rings. The number of carbonyl (C=O) groups is 2. The molecule has 0 spiro atoms. The summed E-state index contributed by atoms with van der Waals surface area (Å²) >= 11 is 1.51. The van der Waals surface area contributed by atoms with Crippen molar-refractivity contribution in [2.75, 3.05) is 35.6 Å². The molecule has 2 amide bonds. The van der Waals surface area contributed by atoms with Crippen molar-refractivity contribution >= 4 is 45.0 Å². The van der Waals surface area contributed by atoms with Gasteiger partial charge in [-0.2, -0.15) is 0 Å². The van der Waals surface area contributed by atoms with Crippen LogP contribution >= 0.6 is 11.8 Å². The molecule has 0 radical (unpaired) electrons. The van der Waals surface area contributed by atoms with E-state index in [-0.39, 0.29) is 22.5 Å². The number of hydrogen-bond acceptors (Lipinski definition) is 6. The quantitative estimate of drug-likeness (QED) is 0.359. The molecular weight excluding hydrogens is 522 g/mol. The lowest BCUT2D eigenvalue weighted by molar-refractivity contribution is -0.114. The molecule has 8 nitrogen and oxygen atoms in total. The minimum Gasteiger partial charge on any atom is -0.376 e. The van der Waals surface area contributed by atoms with Crippen LogP contribution in [0.15, 0.2) is 82.6 Å². The summed E-state index contributed by atoms with van der Waals surface area (Å²) in [5, 5.41) is 5.59. The molecule has 1 heterocycles. The largest absolute Gasteiger partial charge is 0.376 e. The number of rotatable bonds is 10. The summed E-state index contributed by atoms with van der Waals surface area (Å²) in [6, 6.07) is 20.1. The molecule has 0 aromatic heterocycles. The number of anilines is 2. The van der Waals surface area contributed by atoms with Gasteiger partial charge in [0.2, 0.25) is 5.91 Å². The van der Waals surface area contributed by atoms with E-state index >= 15 is 0 Å². The van der Waals surface area contributed by atoms with Crippen LogP contribution in [-0.2, 0) is 19.6 Å². The zero-order chi connectivity index (χ0) is 27.1. The summed E-state index contributed by atoms with van der Waals surface area (Å²) in [5.74, 6) is -0.914. The first kappa shape index (κ1) is 27.7. The fourth-order valence-electron chi connectivity index (χ4n) is 4.12. The van der Waals surface area contributed by atoms with E-state index in [1.54, 1.807) is 60.7 Å². The topological polar surface area (TPSA) is 105 Å². The smallest absolute Gasteiger partial charge is 0.264 e. The molecule has 0 aliphatic carbocycles. The molecule has 10 heteroatoms. The molecule has 0 bridgehead atoms. The van der Waals surface area contributed by atoms with Crippen LogP contribution in [0, 0.1) is 6.92 Å². The highest BCUT2D eigenvalue weighted by atomic mass is 32.2. The van der Waals surface area contributed by atoms with Gasteiger partial charge in [-0.15, -0.1) is 11.8 Å². The zero-order valence-corrected chi connectivity index (χ0v) is 23.0. The molecule has 0 unspecified atom stereocenters. The predicted molar refractivity (Wildman–Crippen MR) is 150 cm³/mol. The van der Waals surface area contributed by atoms with Crippen molar-refractivity contribution in [3.63, 3.8) is 0 Å². The Labute approximate surface area is 227 Å². The predicted octanol–water partition coefficient (Wildman–Crippen LogP) is 4.46. The fourth-order valence-corrected chi connectivity index (χ4v) is 5.95. The van der Waals surface area contributed by atoms with Gasteiger partial charge in [-0.05, 0) is 74.6 Å². The van der Waals surface area contributed by atoms with E-state index in [0.717, 1.165) is 27.6 Å². The van der Waals surface area contributed by atoms with E-state index in [4.69, 9.17) is 4.74 Å². The lowest BCUT2D eigenvalue weighted by atomic mass is 10.1. The summed E-state index contributed by atoms with van der Waals surface area (Å²) in [7, 11) is -4.05. The zero-order valence-electron chi connectivity index (χ0n) is 21.3. The second kappa shape index (κ2) is 12.5. The average Bonchev–Trinajstić information content (AvgIpc) is 3.45. The first-order chi connectivity index (χ1) is 18.3. The molecule has 1 aliphatic heterocycles. The minimum absolute atomic E-state index is 0.0148. The number of ether oxygens (including phenoxy) is 1.